The van der Waals surface area contributed by atoms with Crippen LogP contribution in [0.25, 0.3) is 0 Å². The van der Waals surface area contributed by atoms with Gasteiger partial charge in [-0.3, -0.25) is 0 Å². The van der Waals surface area contributed by atoms with Crippen LogP contribution in [-0.2, 0) is 6.42 Å². The number of hydrogen-bond acceptors (Lipinski definition) is 3. The monoisotopic (exact) mass is 210 g/mol. The minimum Gasteiger partial charge on any atom is -0.314 e. The van der Waals surface area contributed by atoms with Crippen molar-refractivity contribution in [1.82, 2.24) is 10.3 Å². The van der Waals surface area contributed by atoms with E-state index < -0.39 is 0 Å². The Hall–Kier alpha value is -0.410. The van der Waals surface area contributed by atoms with Crippen molar-refractivity contribution in [2.24, 2.45) is 5.92 Å². The molecule has 1 aliphatic rings. The Labute approximate surface area is 89.8 Å². The van der Waals surface area contributed by atoms with Crippen LogP contribution in [0.1, 0.15) is 31.9 Å². The van der Waals surface area contributed by atoms with Crippen molar-refractivity contribution >= 4 is 11.3 Å². The summed E-state index contributed by atoms with van der Waals surface area (Å²) in [6, 6.07) is 0.767. The summed E-state index contributed by atoms with van der Waals surface area (Å²) >= 11 is 1.68. The molecule has 0 radical (unpaired) electrons. The molecule has 78 valence electrons. The van der Waals surface area contributed by atoms with Crippen molar-refractivity contribution in [2.45, 2.75) is 38.6 Å². The summed E-state index contributed by atoms with van der Waals surface area (Å²) in [5, 5.41) is 5.75. The average molecular weight is 210 g/mol. The fourth-order valence-electron chi connectivity index (χ4n) is 2.16. The van der Waals surface area contributed by atoms with E-state index in [1.807, 2.05) is 5.51 Å². The van der Waals surface area contributed by atoms with E-state index in [1.165, 1.54) is 25.0 Å². The molecule has 0 saturated heterocycles. The molecule has 2 unspecified atom stereocenters. The molecule has 0 bridgehead atoms. The van der Waals surface area contributed by atoms with Crippen molar-refractivity contribution < 1.29 is 0 Å². The molecule has 2 rings (SSSR count). The van der Waals surface area contributed by atoms with Crippen LogP contribution in [-0.4, -0.2) is 17.6 Å². The Kier molecular flexibility index (Phi) is 3.54. The summed E-state index contributed by atoms with van der Waals surface area (Å²) in [7, 11) is 0. The summed E-state index contributed by atoms with van der Waals surface area (Å²) in [6.45, 7) is 3.43. The van der Waals surface area contributed by atoms with Gasteiger partial charge in [-0.05, 0) is 25.2 Å². The maximum atomic E-state index is 4.27. The Bertz CT molecular complexity index is 258. The molecule has 14 heavy (non-hydrogen) atoms. The smallest absolute Gasteiger partial charge is 0.0794 e. The van der Waals surface area contributed by atoms with Gasteiger partial charge in [-0.15, -0.1) is 11.3 Å². The van der Waals surface area contributed by atoms with Gasteiger partial charge in [0.25, 0.3) is 0 Å². The summed E-state index contributed by atoms with van der Waals surface area (Å²) in [5.74, 6) is 0.923. The summed E-state index contributed by atoms with van der Waals surface area (Å²) in [5.41, 5.74) is 3.14. The van der Waals surface area contributed by atoms with Crippen LogP contribution >= 0.6 is 11.3 Å². The fraction of sp³-hybridized carbons (Fsp3) is 0.727. The zero-order valence-electron chi connectivity index (χ0n) is 8.70. The minimum atomic E-state index is 0.767. The van der Waals surface area contributed by atoms with Gasteiger partial charge in [0.1, 0.15) is 0 Å². The highest BCUT2D eigenvalue weighted by molar-refractivity contribution is 7.07. The van der Waals surface area contributed by atoms with Crippen LogP contribution in [0.2, 0.25) is 0 Å². The highest BCUT2D eigenvalue weighted by Gasteiger charge is 2.20. The molecule has 1 heterocycles. The van der Waals surface area contributed by atoms with Crippen molar-refractivity contribution in [3.63, 3.8) is 0 Å². The molecule has 1 aliphatic carbocycles. The molecule has 0 spiro atoms. The van der Waals surface area contributed by atoms with E-state index in [-0.39, 0.29) is 0 Å². The third-order valence-electron chi connectivity index (χ3n) is 2.99. The van der Waals surface area contributed by atoms with Crippen LogP contribution in [0.4, 0.5) is 0 Å². The highest BCUT2D eigenvalue weighted by atomic mass is 32.1. The molecular formula is C11H18N2S. The van der Waals surface area contributed by atoms with Crippen LogP contribution in [0.5, 0.6) is 0 Å². The van der Waals surface area contributed by atoms with E-state index >= 15 is 0 Å². The van der Waals surface area contributed by atoms with Gasteiger partial charge in [-0.1, -0.05) is 6.92 Å². The van der Waals surface area contributed by atoms with E-state index in [4.69, 9.17) is 0 Å². The number of rotatable bonds is 4. The molecule has 0 aliphatic heterocycles. The third-order valence-corrected chi connectivity index (χ3v) is 3.63. The SMILES string of the molecule is CC1CCC(NCCc2cscn2)C1. The van der Waals surface area contributed by atoms with E-state index in [0.717, 1.165) is 24.9 Å². The van der Waals surface area contributed by atoms with Gasteiger partial charge in [0.2, 0.25) is 0 Å². The van der Waals surface area contributed by atoms with Crippen LogP contribution in [0, 0.1) is 5.92 Å². The van der Waals surface area contributed by atoms with E-state index in [2.05, 4.69) is 22.6 Å². The molecule has 1 N–H and O–H groups in total. The molecule has 1 saturated carbocycles. The Morgan fingerprint density at radius 2 is 2.50 bits per heavy atom. The zero-order valence-corrected chi connectivity index (χ0v) is 9.52. The molecular weight excluding hydrogens is 192 g/mol. The number of nitrogens with one attached hydrogen (secondary N) is 1. The molecule has 0 amide bonds. The summed E-state index contributed by atoms with van der Waals surface area (Å²) in [4.78, 5) is 4.27. The van der Waals surface area contributed by atoms with Gasteiger partial charge in [0.05, 0.1) is 11.2 Å². The standard InChI is InChI=1S/C11H18N2S/c1-9-2-3-10(6-9)12-5-4-11-7-14-8-13-11/h7-10,12H,2-6H2,1H3. The van der Waals surface area contributed by atoms with Gasteiger partial charge < -0.3 is 5.32 Å². The first kappa shape index (κ1) is 10.1. The molecule has 1 fully saturated rings. The second kappa shape index (κ2) is 4.89. The number of thiazole rings is 1. The predicted molar refractivity (Wildman–Crippen MR) is 60.6 cm³/mol. The van der Waals surface area contributed by atoms with Crippen LogP contribution in [0.3, 0.4) is 0 Å². The normalized spacial score (nSPS) is 26.9. The van der Waals surface area contributed by atoms with Crippen molar-refractivity contribution in [3.05, 3.63) is 16.6 Å². The largest absolute Gasteiger partial charge is 0.314 e. The predicted octanol–water partition coefficient (Wildman–Crippen LogP) is 2.46. The van der Waals surface area contributed by atoms with Crippen molar-refractivity contribution in [3.8, 4) is 0 Å². The first-order chi connectivity index (χ1) is 6.84. The maximum Gasteiger partial charge on any atom is 0.0794 e. The molecule has 2 atom stereocenters. The van der Waals surface area contributed by atoms with E-state index in [9.17, 15) is 0 Å². The van der Waals surface area contributed by atoms with Gasteiger partial charge in [-0.2, -0.15) is 0 Å². The second-order valence-electron chi connectivity index (χ2n) is 4.30. The highest BCUT2D eigenvalue weighted by Crippen LogP contribution is 2.24. The van der Waals surface area contributed by atoms with E-state index in [0.29, 0.717) is 0 Å². The van der Waals surface area contributed by atoms with Gasteiger partial charge in [0, 0.05) is 24.4 Å². The number of aromatic nitrogens is 1. The van der Waals surface area contributed by atoms with Crippen molar-refractivity contribution in [2.75, 3.05) is 6.54 Å². The molecule has 0 aromatic carbocycles. The lowest BCUT2D eigenvalue weighted by atomic mass is 10.1. The number of hydrogen-bond donors (Lipinski definition) is 1. The summed E-state index contributed by atoms with van der Waals surface area (Å²) in [6.07, 6.45) is 5.19. The zero-order chi connectivity index (χ0) is 9.80. The second-order valence-corrected chi connectivity index (χ2v) is 5.02. The first-order valence-corrected chi connectivity index (χ1v) is 6.39. The maximum absolute atomic E-state index is 4.27. The number of nitrogens with zero attached hydrogens (tertiary/aromatic N) is 1. The fourth-order valence-corrected chi connectivity index (χ4v) is 2.75. The molecule has 1 aromatic rings. The lowest BCUT2D eigenvalue weighted by Gasteiger charge is -2.11. The lowest BCUT2D eigenvalue weighted by Crippen LogP contribution is -2.28. The van der Waals surface area contributed by atoms with Gasteiger partial charge in [0.15, 0.2) is 0 Å². The molecule has 1 aromatic heterocycles. The molecule has 2 nitrogen and oxygen atoms in total. The average Bonchev–Trinajstić information content (AvgIpc) is 2.77. The first-order valence-electron chi connectivity index (χ1n) is 5.45. The Morgan fingerprint density at radius 3 is 3.14 bits per heavy atom. The minimum absolute atomic E-state index is 0.767. The van der Waals surface area contributed by atoms with Crippen molar-refractivity contribution in [1.29, 1.82) is 0 Å². The quantitative estimate of drug-likeness (QED) is 0.825. The van der Waals surface area contributed by atoms with Gasteiger partial charge >= 0.3 is 0 Å². The lowest BCUT2D eigenvalue weighted by molar-refractivity contribution is 0.504. The topological polar surface area (TPSA) is 24.9 Å². The van der Waals surface area contributed by atoms with Gasteiger partial charge in [-0.25, -0.2) is 4.98 Å². The Morgan fingerprint density at radius 1 is 1.57 bits per heavy atom. The molecule has 3 heteroatoms. The third kappa shape index (κ3) is 2.79. The van der Waals surface area contributed by atoms with E-state index in [1.54, 1.807) is 11.3 Å². The van der Waals surface area contributed by atoms with Crippen LogP contribution < -0.4 is 5.32 Å². The van der Waals surface area contributed by atoms with Crippen LogP contribution in [0.15, 0.2) is 10.9 Å². The summed E-state index contributed by atoms with van der Waals surface area (Å²) < 4.78 is 0. The Balaban J connectivity index is 1.64.